The number of rotatable bonds is 2. The van der Waals surface area contributed by atoms with Gasteiger partial charge in [0.15, 0.2) is 0 Å². The van der Waals surface area contributed by atoms with Crippen LogP contribution in [0.3, 0.4) is 0 Å². The SMILES string of the molecule is Cc1ccc(C(N)C2CCC(C)(C)CC2)cc1F. The molecule has 2 N–H and O–H groups in total. The Kier molecular flexibility index (Phi) is 3.76. The molecule has 1 fully saturated rings. The second kappa shape index (κ2) is 5.00. The van der Waals surface area contributed by atoms with E-state index in [2.05, 4.69) is 13.8 Å². The van der Waals surface area contributed by atoms with Crippen molar-refractivity contribution in [3.05, 3.63) is 35.1 Å². The smallest absolute Gasteiger partial charge is 0.126 e. The van der Waals surface area contributed by atoms with Crippen LogP contribution in [0.1, 0.15) is 56.7 Å². The van der Waals surface area contributed by atoms with Gasteiger partial charge in [-0.25, -0.2) is 4.39 Å². The molecule has 0 heterocycles. The summed E-state index contributed by atoms with van der Waals surface area (Å²) in [5.74, 6) is 0.360. The van der Waals surface area contributed by atoms with Gasteiger partial charge in [-0.1, -0.05) is 26.0 Å². The van der Waals surface area contributed by atoms with E-state index in [0.717, 1.165) is 18.4 Å². The standard InChI is InChI=1S/C16H24FN/c1-11-4-5-13(10-14(11)17)15(18)12-6-8-16(2,3)9-7-12/h4-5,10,12,15H,6-9,18H2,1-3H3. The summed E-state index contributed by atoms with van der Waals surface area (Å²) in [6, 6.07) is 5.40. The molecule has 1 atom stereocenters. The van der Waals surface area contributed by atoms with Crippen molar-refractivity contribution in [3.63, 3.8) is 0 Å². The predicted molar refractivity (Wildman–Crippen MR) is 73.8 cm³/mol. The highest BCUT2D eigenvalue weighted by Gasteiger charge is 2.30. The normalized spacial score (nSPS) is 21.8. The van der Waals surface area contributed by atoms with Gasteiger partial charge < -0.3 is 5.73 Å². The number of hydrogen-bond acceptors (Lipinski definition) is 1. The molecular formula is C16H24FN. The average molecular weight is 249 g/mol. The monoisotopic (exact) mass is 249 g/mol. The van der Waals surface area contributed by atoms with E-state index in [0.29, 0.717) is 16.9 Å². The third-order valence-electron chi connectivity index (χ3n) is 4.47. The van der Waals surface area contributed by atoms with E-state index in [-0.39, 0.29) is 11.9 Å². The molecule has 0 bridgehead atoms. The number of benzene rings is 1. The molecule has 1 aliphatic rings. The van der Waals surface area contributed by atoms with Gasteiger partial charge in [0.05, 0.1) is 0 Å². The van der Waals surface area contributed by atoms with Gasteiger partial charge in [0.1, 0.15) is 5.82 Å². The van der Waals surface area contributed by atoms with E-state index in [1.54, 1.807) is 13.0 Å². The van der Waals surface area contributed by atoms with Crippen LogP contribution in [0.4, 0.5) is 4.39 Å². The Morgan fingerprint density at radius 3 is 2.44 bits per heavy atom. The molecule has 1 aliphatic carbocycles. The van der Waals surface area contributed by atoms with Crippen LogP contribution >= 0.6 is 0 Å². The average Bonchev–Trinajstić information content (AvgIpc) is 2.32. The van der Waals surface area contributed by atoms with Crippen molar-refractivity contribution in [2.45, 2.75) is 52.5 Å². The summed E-state index contributed by atoms with van der Waals surface area (Å²) in [7, 11) is 0. The van der Waals surface area contributed by atoms with Crippen molar-refractivity contribution in [2.75, 3.05) is 0 Å². The van der Waals surface area contributed by atoms with E-state index >= 15 is 0 Å². The minimum Gasteiger partial charge on any atom is -0.324 e. The van der Waals surface area contributed by atoms with Crippen LogP contribution in [0.2, 0.25) is 0 Å². The molecule has 1 aromatic rings. The largest absolute Gasteiger partial charge is 0.324 e. The molecule has 1 saturated carbocycles. The molecule has 18 heavy (non-hydrogen) atoms. The fourth-order valence-corrected chi connectivity index (χ4v) is 2.87. The maximum absolute atomic E-state index is 13.6. The van der Waals surface area contributed by atoms with E-state index in [4.69, 9.17) is 5.73 Å². The molecule has 0 radical (unpaired) electrons. The molecular weight excluding hydrogens is 225 g/mol. The Morgan fingerprint density at radius 2 is 1.89 bits per heavy atom. The zero-order chi connectivity index (χ0) is 13.3. The summed E-state index contributed by atoms with van der Waals surface area (Å²) in [5.41, 5.74) is 8.40. The van der Waals surface area contributed by atoms with Crippen molar-refractivity contribution in [1.29, 1.82) is 0 Å². The first-order valence-electron chi connectivity index (χ1n) is 6.91. The van der Waals surface area contributed by atoms with E-state index in [1.165, 1.54) is 12.8 Å². The van der Waals surface area contributed by atoms with Crippen molar-refractivity contribution < 1.29 is 4.39 Å². The van der Waals surface area contributed by atoms with Crippen molar-refractivity contribution >= 4 is 0 Å². The van der Waals surface area contributed by atoms with Crippen LogP contribution in [0.5, 0.6) is 0 Å². The molecule has 0 spiro atoms. The van der Waals surface area contributed by atoms with Crippen LogP contribution in [0, 0.1) is 24.1 Å². The Bertz CT molecular complexity index is 415. The number of nitrogens with two attached hydrogens (primary N) is 1. The first kappa shape index (κ1) is 13.5. The number of aryl methyl sites for hydroxylation is 1. The fourth-order valence-electron chi connectivity index (χ4n) is 2.87. The number of hydrogen-bond donors (Lipinski definition) is 1. The highest BCUT2D eigenvalue weighted by atomic mass is 19.1. The van der Waals surface area contributed by atoms with E-state index in [1.807, 2.05) is 12.1 Å². The molecule has 0 amide bonds. The molecule has 100 valence electrons. The fraction of sp³-hybridized carbons (Fsp3) is 0.625. The van der Waals surface area contributed by atoms with Crippen LogP contribution < -0.4 is 5.73 Å². The summed E-state index contributed by atoms with van der Waals surface area (Å²) in [5, 5.41) is 0. The van der Waals surface area contributed by atoms with Gasteiger partial charge in [-0.05, 0) is 61.1 Å². The summed E-state index contributed by atoms with van der Waals surface area (Å²) in [6.07, 6.45) is 4.76. The zero-order valence-corrected chi connectivity index (χ0v) is 11.7. The maximum atomic E-state index is 13.6. The van der Waals surface area contributed by atoms with Crippen LogP contribution in [-0.4, -0.2) is 0 Å². The maximum Gasteiger partial charge on any atom is 0.126 e. The minimum absolute atomic E-state index is 0.0174. The Balaban J connectivity index is 2.07. The lowest BCUT2D eigenvalue weighted by Gasteiger charge is -2.37. The Hall–Kier alpha value is -0.890. The van der Waals surface area contributed by atoms with E-state index < -0.39 is 0 Å². The summed E-state index contributed by atoms with van der Waals surface area (Å²) in [4.78, 5) is 0. The van der Waals surface area contributed by atoms with Crippen LogP contribution in [0.15, 0.2) is 18.2 Å². The first-order valence-corrected chi connectivity index (χ1v) is 6.91. The van der Waals surface area contributed by atoms with Gasteiger partial charge >= 0.3 is 0 Å². The van der Waals surface area contributed by atoms with Gasteiger partial charge in [0.25, 0.3) is 0 Å². The van der Waals surface area contributed by atoms with Gasteiger partial charge in [-0.2, -0.15) is 0 Å². The third-order valence-corrected chi connectivity index (χ3v) is 4.47. The van der Waals surface area contributed by atoms with Gasteiger partial charge in [0, 0.05) is 6.04 Å². The van der Waals surface area contributed by atoms with Gasteiger partial charge in [-0.15, -0.1) is 0 Å². The second-order valence-electron chi connectivity index (χ2n) is 6.54. The highest BCUT2D eigenvalue weighted by Crippen LogP contribution is 2.42. The van der Waals surface area contributed by atoms with Crippen LogP contribution in [-0.2, 0) is 0 Å². The molecule has 1 aromatic carbocycles. The predicted octanol–water partition coefficient (Wildman–Crippen LogP) is 4.35. The lowest BCUT2D eigenvalue weighted by atomic mass is 9.70. The highest BCUT2D eigenvalue weighted by molar-refractivity contribution is 5.26. The number of halogens is 1. The minimum atomic E-state index is -0.140. The van der Waals surface area contributed by atoms with Crippen molar-refractivity contribution in [1.82, 2.24) is 0 Å². The zero-order valence-electron chi connectivity index (χ0n) is 11.7. The first-order chi connectivity index (χ1) is 8.39. The van der Waals surface area contributed by atoms with Crippen LogP contribution in [0.25, 0.3) is 0 Å². The van der Waals surface area contributed by atoms with Crippen molar-refractivity contribution in [2.24, 2.45) is 17.1 Å². The molecule has 1 unspecified atom stereocenters. The topological polar surface area (TPSA) is 26.0 Å². The quantitative estimate of drug-likeness (QED) is 0.828. The third kappa shape index (κ3) is 2.92. The Morgan fingerprint density at radius 1 is 1.28 bits per heavy atom. The molecule has 2 heteroatoms. The summed E-state index contributed by atoms with van der Waals surface area (Å²) in [6.45, 7) is 6.42. The van der Waals surface area contributed by atoms with Crippen molar-refractivity contribution in [3.8, 4) is 0 Å². The second-order valence-corrected chi connectivity index (χ2v) is 6.54. The summed E-state index contributed by atoms with van der Waals surface area (Å²) < 4.78 is 13.6. The molecule has 0 aliphatic heterocycles. The van der Waals surface area contributed by atoms with Gasteiger partial charge in [-0.3, -0.25) is 0 Å². The summed E-state index contributed by atoms with van der Waals surface area (Å²) >= 11 is 0. The molecule has 0 saturated heterocycles. The van der Waals surface area contributed by atoms with Gasteiger partial charge in [0.2, 0.25) is 0 Å². The van der Waals surface area contributed by atoms with E-state index in [9.17, 15) is 4.39 Å². The molecule has 0 aromatic heterocycles. The Labute approximate surface area is 110 Å². The molecule has 2 rings (SSSR count). The lowest BCUT2D eigenvalue weighted by Crippen LogP contribution is -2.29. The molecule has 1 nitrogen and oxygen atoms in total. The lowest BCUT2D eigenvalue weighted by molar-refractivity contribution is 0.173.